The smallest absolute Gasteiger partial charge is 0.310 e. The van der Waals surface area contributed by atoms with Crippen LogP contribution in [0.1, 0.15) is 57.2 Å². The molecule has 1 unspecified atom stereocenters. The normalized spacial score (nSPS) is 13.7. The maximum Gasteiger partial charge on any atom is 0.419 e. The molecule has 0 radical (unpaired) electrons. The fourth-order valence-corrected chi connectivity index (χ4v) is 2.57. The third kappa shape index (κ3) is 4.70. The Morgan fingerprint density at radius 2 is 1.71 bits per heavy atom. The van der Waals surface area contributed by atoms with Crippen LogP contribution in [0.2, 0.25) is 0 Å². The van der Waals surface area contributed by atoms with Crippen molar-refractivity contribution in [1.82, 2.24) is 5.32 Å². The van der Waals surface area contributed by atoms with E-state index in [9.17, 15) is 17.6 Å². The van der Waals surface area contributed by atoms with Gasteiger partial charge >= 0.3 is 6.18 Å². The third-order valence-electron chi connectivity index (χ3n) is 3.79. The van der Waals surface area contributed by atoms with Gasteiger partial charge in [0.2, 0.25) is 0 Å². The Bertz CT molecular complexity index is 438. The van der Waals surface area contributed by atoms with Gasteiger partial charge in [0.25, 0.3) is 0 Å². The Balaban J connectivity index is 3.10. The van der Waals surface area contributed by atoms with Gasteiger partial charge in [-0.15, -0.1) is 0 Å². The average Bonchev–Trinajstić information content (AvgIpc) is 2.42. The van der Waals surface area contributed by atoms with Crippen LogP contribution in [-0.2, 0) is 6.18 Å². The van der Waals surface area contributed by atoms with Crippen molar-refractivity contribution in [1.29, 1.82) is 0 Å². The molecule has 0 amide bonds. The second kappa shape index (κ2) is 7.78. The zero-order chi connectivity index (χ0) is 16.0. The molecule has 120 valence electrons. The van der Waals surface area contributed by atoms with Gasteiger partial charge in [-0.3, -0.25) is 0 Å². The van der Waals surface area contributed by atoms with Crippen LogP contribution in [0.15, 0.2) is 18.2 Å². The Morgan fingerprint density at radius 3 is 2.14 bits per heavy atom. The van der Waals surface area contributed by atoms with Gasteiger partial charge in [0.1, 0.15) is 5.82 Å². The molecule has 0 heterocycles. The van der Waals surface area contributed by atoms with E-state index in [4.69, 9.17) is 0 Å². The molecule has 0 fully saturated rings. The highest BCUT2D eigenvalue weighted by atomic mass is 19.4. The molecule has 0 aliphatic heterocycles. The number of alkyl halides is 3. The van der Waals surface area contributed by atoms with Crippen molar-refractivity contribution in [3.8, 4) is 0 Å². The van der Waals surface area contributed by atoms with Gasteiger partial charge < -0.3 is 5.32 Å². The van der Waals surface area contributed by atoms with Crippen LogP contribution in [0.5, 0.6) is 0 Å². The summed E-state index contributed by atoms with van der Waals surface area (Å²) >= 11 is 0. The van der Waals surface area contributed by atoms with Crippen LogP contribution in [0, 0.1) is 11.7 Å². The van der Waals surface area contributed by atoms with Crippen LogP contribution < -0.4 is 5.32 Å². The summed E-state index contributed by atoms with van der Waals surface area (Å²) in [5, 5.41) is 3.33. The molecule has 21 heavy (non-hydrogen) atoms. The number of benzene rings is 1. The van der Waals surface area contributed by atoms with E-state index in [0.717, 1.165) is 37.9 Å². The van der Waals surface area contributed by atoms with Crippen molar-refractivity contribution in [3.05, 3.63) is 35.1 Å². The van der Waals surface area contributed by atoms with Crippen LogP contribution >= 0.6 is 0 Å². The topological polar surface area (TPSA) is 12.0 Å². The fraction of sp³-hybridized carbons (Fsp3) is 0.625. The molecule has 1 atom stereocenters. The minimum atomic E-state index is -4.65. The van der Waals surface area contributed by atoms with Crippen molar-refractivity contribution in [2.75, 3.05) is 6.54 Å². The van der Waals surface area contributed by atoms with E-state index >= 15 is 0 Å². The maximum atomic E-state index is 13.8. The van der Waals surface area contributed by atoms with E-state index < -0.39 is 17.6 Å². The van der Waals surface area contributed by atoms with Crippen LogP contribution in [-0.4, -0.2) is 6.54 Å². The molecule has 1 aromatic carbocycles. The molecule has 1 rings (SSSR count). The molecule has 0 bridgehead atoms. The lowest BCUT2D eigenvalue weighted by Gasteiger charge is -2.27. The Hall–Kier alpha value is -1.10. The van der Waals surface area contributed by atoms with Crippen molar-refractivity contribution >= 4 is 0 Å². The standard InChI is InChI=1S/C16H23F4N/c1-4-9-21-15(11(5-2)6-3)12-7-8-13(14(17)10-12)16(18,19)20/h7-8,10-11,15,21H,4-6,9H2,1-3H3. The average molecular weight is 305 g/mol. The van der Waals surface area contributed by atoms with Crippen molar-refractivity contribution in [2.45, 2.75) is 52.3 Å². The van der Waals surface area contributed by atoms with Crippen molar-refractivity contribution in [3.63, 3.8) is 0 Å². The first-order chi connectivity index (χ1) is 9.85. The van der Waals surface area contributed by atoms with Gasteiger partial charge in [-0.25, -0.2) is 4.39 Å². The second-order valence-electron chi connectivity index (χ2n) is 5.25. The van der Waals surface area contributed by atoms with Crippen LogP contribution in [0.3, 0.4) is 0 Å². The molecule has 1 aromatic rings. The molecule has 0 spiro atoms. The number of nitrogens with one attached hydrogen (secondary N) is 1. The summed E-state index contributed by atoms with van der Waals surface area (Å²) < 4.78 is 51.6. The van der Waals surface area contributed by atoms with Crippen molar-refractivity contribution < 1.29 is 17.6 Å². The summed E-state index contributed by atoms with van der Waals surface area (Å²) in [5.41, 5.74) is -0.618. The first kappa shape index (κ1) is 18.0. The zero-order valence-corrected chi connectivity index (χ0v) is 12.7. The highest BCUT2D eigenvalue weighted by Crippen LogP contribution is 2.34. The lowest BCUT2D eigenvalue weighted by atomic mass is 9.88. The summed E-state index contributed by atoms with van der Waals surface area (Å²) in [6.45, 7) is 6.85. The molecule has 5 heteroatoms. The molecule has 0 saturated carbocycles. The number of halogens is 4. The zero-order valence-electron chi connectivity index (χ0n) is 12.7. The minimum absolute atomic E-state index is 0.114. The summed E-state index contributed by atoms with van der Waals surface area (Å²) in [5.74, 6) is -0.929. The van der Waals surface area contributed by atoms with E-state index in [1.807, 2.05) is 20.8 Å². The van der Waals surface area contributed by atoms with Crippen LogP contribution in [0.4, 0.5) is 17.6 Å². The molecular weight excluding hydrogens is 282 g/mol. The third-order valence-corrected chi connectivity index (χ3v) is 3.79. The van der Waals surface area contributed by atoms with Gasteiger partial charge in [0.05, 0.1) is 5.56 Å². The van der Waals surface area contributed by atoms with Gasteiger partial charge in [-0.05, 0) is 36.6 Å². The maximum absolute atomic E-state index is 13.8. The highest BCUT2D eigenvalue weighted by molar-refractivity contribution is 5.29. The fourth-order valence-electron chi connectivity index (χ4n) is 2.57. The van der Waals surface area contributed by atoms with E-state index in [1.54, 1.807) is 0 Å². The molecule has 1 N–H and O–H groups in total. The summed E-state index contributed by atoms with van der Waals surface area (Å²) in [6, 6.07) is 3.14. The number of rotatable bonds is 7. The molecular formula is C16H23F4N. The first-order valence-electron chi connectivity index (χ1n) is 7.45. The summed E-state index contributed by atoms with van der Waals surface area (Å²) in [4.78, 5) is 0. The van der Waals surface area contributed by atoms with Gasteiger partial charge in [-0.2, -0.15) is 13.2 Å². The van der Waals surface area contributed by atoms with E-state index in [2.05, 4.69) is 5.32 Å². The highest BCUT2D eigenvalue weighted by Gasteiger charge is 2.34. The minimum Gasteiger partial charge on any atom is -0.310 e. The Labute approximate surface area is 123 Å². The molecule has 0 saturated heterocycles. The molecule has 0 aromatic heterocycles. The quantitative estimate of drug-likeness (QED) is 0.672. The molecule has 0 aliphatic rings. The first-order valence-corrected chi connectivity index (χ1v) is 7.45. The SMILES string of the molecule is CCCNC(c1ccc(C(F)(F)F)c(F)c1)C(CC)CC. The monoisotopic (exact) mass is 305 g/mol. The second-order valence-corrected chi connectivity index (χ2v) is 5.25. The van der Waals surface area contributed by atoms with Gasteiger partial charge in [0, 0.05) is 6.04 Å². The molecule has 0 aliphatic carbocycles. The lowest BCUT2D eigenvalue weighted by Crippen LogP contribution is -2.29. The van der Waals surface area contributed by atoms with Crippen molar-refractivity contribution in [2.24, 2.45) is 5.92 Å². The van der Waals surface area contributed by atoms with Gasteiger partial charge in [-0.1, -0.05) is 39.7 Å². The van der Waals surface area contributed by atoms with E-state index in [-0.39, 0.29) is 12.0 Å². The van der Waals surface area contributed by atoms with Gasteiger partial charge in [0.15, 0.2) is 0 Å². The summed E-state index contributed by atoms with van der Waals surface area (Å²) in [7, 11) is 0. The largest absolute Gasteiger partial charge is 0.419 e. The lowest BCUT2D eigenvalue weighted by molar-refractivity contribution is -0.140. The van der Waals surface area contributed by atoms with Crippen LogP contribution in [0.25, 0.3) is 0 Å². The van der Waals surface area contributed by atoms with E-state index in [0.29, 0.717) is 5.56 Å². The predicted octanol–water partition coefficient (Wildman–Crippen LogP) is 5.32. The number of hydrogen-bond donors (Lipinski definition) is 1. The Morgan fingerprint density at radius 1 is 1.10 bits per heavy atom. The van der Waals surface area contributed by atoms with E-state index in [1.165, 1.54) is 6.07 Å². The number of hydrogen-bond acceptors (Lipinski definition) is 1. The summed E-state index contributed by atoms with van der Waals surface area (Å²) in [6.07, 6.45) is -1.95. The predicted molar refractivity (Wildman–Crippen MR) is 76.5 cm³/mol. The molecule has 1 nitrogen and oxygen atoms in total. The Kier molecular flexibility index (Phi) is 6.65.